The van der Waals surface area contributed by atoms with E-state index in [0.29, 0.717) is 12.4 Å². The number of thiazole rings is 1. The van der Waals surface area contributed by atoms with Gasteiger partial charge in [0.1, 0.15) is 12.9 Å². The van der Waals surface area contributed by atoms with Crippen molar-refractivity contribution in [2.75, 3.05) is 0 Å². The van der Waals surface area contributed by atoms with E-state index < -0.39 is 0 Å². The number of nitrogens with zero attached hydrogens (tertiary/aromatic N) is 4. The van der Waals surface area contributed by atoms with Crippen LogP contribution in [0.25, 0.3) is 0 Å². The van der Waals surface area contributed by atoms with Crippen molar-refractivity contribution in [1.29, 1.82) is 0 Å². The van der Waals surface area contributed by atoms with Gasteiger partial charge < -0.3 is 9.67 Å². The summed E-state index contributed by atoms with van der Waals surface area (Å²) in [7, 11) is 0. The van der Waals surface area contributed by atoms with Crippen LogP contribution in [0.1, 0.15) is 16.5 Å². The molecule has 5 nitrogen and oxygen atoms in total. The molecule has 14 heavy (non-hydrogen) atoms. The Morgan fingerprint density at radius 1 is 1.57 bits per heavy atom. The minimum Gasteiger partial charge on any atom is -0.388 e. The summed E-state index contributed by atoms with van der Waals surface area (Å²) in [6, 6.07) is 0. The molecule has 0 aliphatic rings. The number of aliphatic hydroxyl groups is 1. The third kappa shape index (κ3) is 1.80. The van der Waals surface area contributed by atoms with Gasteiger partial charge in [0.15, 0.2) is 5.82 Å². The summed E-state index contributed by atoms with van der Waals surface area (Å²) >= 11 is 1.61. The maximum absolute atomic E-state index is 8.95. The lowest BCUT2D eigenvalue weighted by molar-refractivity contribution is 0.265. The van der Waals surface area contributed by atoms with Crippen molar-refractivity contribution < 1.29 is 5.11 Å². The molecule has 2 aromatic rings. The summed E-state index contributed by atoms with van der Waals surface area (Å²) in [6.07, 6.45) is 1.60. The summed E-state index contributed by atoms with van der Waals surface area (Å²) in [5.41, 5.74) is 0.974. The zero-order chi connectivity index (χ0) is 9.97. The van der Waals surface area contributed by atoms with E-state index in [-0.39, 0.29) is 6.61 Å². The van der Waals surface area contributed by atoms with E-state index in [4.69, 9.17) is 5.11 Å². The van der Waals surface area contributed by atoms with Gasteiger partial charge in [-0.25, -0.2) is 4.98 Å². The van der Waals surface area contributed by atoms with Crippen LogP contribution >= 0.6 is 11.3 Å². The predicted octanol–water partition coefficient (Wildman–Crippen LogP) is 0.584. The van der Waals surface area contributed by atoms with Crippen LogP contribution in [0, 0.1) is 6.92 Å². The first-order valence-corrected chi connectivity index (χ1v) is 5.06. The molecule has 74 valence electrons. The molecule has 0 bridgehead atoms. The van der Waals surface area contributed by atoms with E-state index in [1.807, 2.05) is 12.3 Å². The summed E-state index contributed by atoms with van der Waals surface area (Å²) in [4.78, 5) is 4.32. The van der Waals surface area contributed by atoms with Crippen LogP contribution < -0.4 is 0 Å². The molecular formula is C8H10N4OS. The van der Waals surface area contributed by atoms with Crippen molar-refractivity contribution in [2.24, 2.45) is 0 Å². The summed E-state index contributed by atoms with van der Waals surface area (Å²) < 4.78 is 1.79. The summed E-state index contributed by atoms with van der Waals surface area (Å²) in [5.74, 6) is 0.565. The second kappa shape index (κ2) is 3.85. The molecule has 2 rings (SSSR count). The van der Waals surface area contributed by atoms with Crippen LogP contribution in [-0.2, 0) is 13.2 Å². The SMILES string of the molecule is Cc1nc(Cn2cnnc2CO)cs1. The lowest BCUT2D eigenvalue weighted by Gasteiger charge is -2.00. The van der Waals surface area contributed by atoms with Gasteiger partial charge in [0.25, 0.3) is 0 Å². The molecule has 0 saturated carbocycles. The highest BCUT2D eigenvalue weighted by Gasteiger charge is 2.04. The molecular weight excluding hydrogens is 200 g/mol. The molecule has 2 aromatic heterocycles. The smallest absolute Gasteiger partial charge is 0.158 e. The average molecular weight is 210 g/mol. The Bertz CT molecular complexity index is 422. The van der Waals surface area contributed by atoms with Crippen molar-refractivity contribution in [2.45, 2.75) is 20.1 Å². The second-order valence-electron chi connectivity index (χ2n) is 2.89. The monoisotopic (exact) mass is 210 g/mol. The molecule has 6 heteroatoms. The Hall–Kier alpha value is -1.27. The molecule has 0 aromatic carbocycles. The number of aromatic nitrogens is 4. The Morgan fingerprint density at radius 3 is 3.07 bits per heavy atom. The zero-order valence-corrected chi connectivity index (χ0v) is 8.53. The number of hydrogen-bond acceptors (Lipinski definition) is 5. The van der Waals surface area contributed by atoms with Crippen LogP contribution in [0.15, 0.2) is 11.7 Å². The second-order valence-corrected chi connectivity index (χ2v) is 3.95. The minimum atomic E-state index is -0.0941. The Labute approximate surface area is 85.1 Å². The number of aryl methyl sites for hydroxylation is 1. The quantitative estimate of drug-likeness (QED) is 0.805. The van der Waals surface area contributed by atoms with Crippen molar-refractivity contribution in [3.8, 4) is 0 Å². The molecule has 0 radical (unpaired) electrons. The molecule has 0 saturated heterocycles. The minimum absolute atomic E-state index is 0.0941. The van der Waals surface area contributed by atoms with Crippen molar-refractivity contribution in [3.05, 3.63) is 28.2 Å². The van der Waals surface area contributed by atoms with E-state index >= 15 is 0 Å². The van der Waals surface area contributed by atoms with E-state index in [9.17, 15) is 0 Å². The van der Waals surface area contributed by atoms with Gasteiger partial charge in [0.2, 0.25) is 0 Å². The summed E-state index contributed by atoms with van der Waals surface area (Å²) in [6.45, 7) is 2.49. The van der Waals surface area contributed by atoms with Crippen LogP contribution in [-0.4, -0.2) is 24.9 Å². The van der Waals surface area contributed by atoms with Gasteiger partial charge in [-0.05, 0) is 6.92 Å². The highest BCUT2D eigenvalue weighted by atomic mass is 32.1. The number of rotatable bonds is 3. The first kappa shape index (κ1) is 9.29. The Kier molecular flexibility index (Phi) is 2.55. The molecule has 0 aliphatic heterocycles. The van der Waals surface area contributed by atoms with Gasteiger partial charge in [-0.1, -0.05) is 0 Å². The van der Waals surface area contributed by atoms with Crippen LogP contribution in [0.5, 0.6) is 0 Å². The van der Waals surface area contributed by atoms with E-state index in [0.717, 1.165) is 10.7 Å². The Balaban J connectivity index is 2.18. The maximum Gasteiger partial charge on any atom is 0.158 e. The zero-order valence-electron chi connectivity index (χ0n) is 7.71. The van der Waals surface area contributed by atoms with Gasteiger partial charge in [0, 0.05) is 5.38 Å². The van der Waals surface area contributed by atoms with Gasteiger partial charge in [-0.15, -0.1) is 21.5 Å². The van der Waals surface area contributed by atoms with Gasteiger partial charge >= 0.3 is 0 Å². The van der Waals surface area contributed by atoms with Crippen molar-refractivity contribution in [3.63, 3.8) is 0 Å². The largest absolute Gasteiger partial charge is 0.388 e. The van der Waals surface area contributed by atoms with E-state index in [2.05, 4.69) is 15.2 Å². The molecule has 0 atom stereocenters. The summed E-state index contributed by atoms with van der Waals surface area (Å²) in [5, 5.41) is 19.5. The molecule has 0 fully saturated rings. The topological polar surface area (TPSA) is 63.8 Å². The van der Waals surface area contributed by atoms with E-state index in [1.165, 1.54) is 0 Å². The van der Waals surface area contributed by atoms with Gasteiger partial charge in [0.05, 0.1) is 17.2 Å². The first-order chi connectivity index (χ1) is 6.79. The van der Waals surface area contributed by atoms with Gasteiger partial charge in [-0.2, -0.15) is 0 Å². The van der Waals surface area contributed by atoms with E-state index in [1.54, 1.807) is 22.2 Å². The van der Waals surface area contributed by atoms with Crippen molar-refractivity contribution in [1.82, 2.24) is 19.7 Å². The standard InChI is InChI=1S/C8H10N4OS/c1-6-10-7(4-14-6)2-12-5-9-11-8(12)3-13/h4-5,13H,2-3H2,1H3. The molecule has 0 aliphatic carbocycles. The highest BCUT2D eigenvalue weighted by Crippen LogP contribution is 2.09. The third-order valence-corrected chi connectivity index (χ3v) is 2.66. The Morgan fingerprint density at radius 2 is 2.43 bits per heavy atom. The fourth-order valence-electron chi connectivity index (χ4n) is 1.19. The van der Waals surface area contributed by atoms with Crippen LogP contribution in [0.2, 0.25) is 0 Å². The van der Waals surface area contributed by atoms with Crippen LogP contribution in [0.4, 0.5) is 0 Å². The maximum atomic E-state index is 8.95. The molecule has 2 heterocycles. The third-order valence-electron chi connectivity index (χ3n) is 1.84. The molecule has 1 N–H and O–H groups in total. The first-order valence-electron chi connectivity index (χ1n) is 4.18. The normalized spacial score (nSPS) is 10.7. The lowest BCUT2D eigenvalue weighted by Crippen LogP contribution is -2.04. The fraction of sp³-hybridized carbons (Fsp3) is 0.375. The number of aliphatic hydroxyl groups excluding tert-OH is 1. The highest BCUT2D eigenvalue weighted by molar-refractivity contribution is 7.09. The predicted molar refractivity (Wildman–Crippen MR) is 51.9 cm³/mol. The lowest BCUT2D eigenvalue weighted by atomic mass is 10.4. The number of hydrogen-bond donors (Lipinski definition) is 1. The molecule has 0 unspecified atom stereocenters. The van der Waals surface area contributed by atoms with Crippen LogP contribution in [0.3, 0.4) is 0 Å². The van der Waals surface area contributed by atoms with Gasteiger partial charge in [-0.3, -0.25) is 0 Å². The molecule has 0 spiro atoms. The molecule has 0 amide bonds. The fourth-order valence-corrected chi connectivity index (χ4v) is 1.79. The average Bonchev–Trinajstić information content (AvgIpc) is 2.76. The van der Waals surface area contributed by atoms with Crippen molar-refractivity contribution >= 4 is 11.3 Å².